The minimum atomic E-state index is -1.28. The third-order valence-corrected chi connectivity index (χ3v) is 14.2. The van der Waals surface area contributed by atoms with Crippen molar-refractivity contribution in [2.24, 2.45) is 67.9 Å². The number of carbonyl (C=O) groups is 9. The van der Waals surface area contributed by atoms with E-state index in [4.69, 9.17) is 40.1 Å². The van der Waals surface area contributed by atoms with E-state index in [9.17, 15) is 48.3 Å². The first kappa shape index (κ1) is 72.0. The molecule has 468 valence electrons. The number of carboxylic acid groups (broad SMARTS) is 1. The highest BCUT2D eigenvalue weighted by molar-refractivity contribution is 5.98. The van der Waals surface area contributed by atoms with E-state index >= 15 is 0 Å². The Bertz CT molecular complexity index is 2280. The quantitative estimate of drug-likeness (QED) is 0.0203. The summed E-state index contributed by atoms with van der Waals surface area (Å²) in [6.07, 6.45) is 4.14. The van der Waals surface area contributed by atoms with Gasteiger partial charge in [0.15, 0.2) is 11.9 Å². The zero-order valence-electron chi connectivity index (χ0n) is 49.7. The zero-order chi connectivity index (χ0) is 62.2. The van der Waals surface area contributed by atoms with E-state index in [0.717, 1.165) is 5.56 Å². The topological polar surface area (TPSA) is 468 Å². The van der Waals surface area contributed by atoms with Gasteiger partial charge in [-0.1, -0.05) is 78.3 Å². The van der Waals surface area contributed by atoms with Crippen molar-refractivity contribution in [2.75, 3.05) is 32.7 Å². The second kappa shape index (κ2) is 38.6. The van der Waals surface area contributed by atoms with Crippen molar-refractivity contribution in [3.05, 3.63) is 35.9 Å². The molecule has 27 heteroatoms. The standard InChI is InChI=1S/C56H99N17O10/c1-7-35(6)45(72-48(76)39(22-15-27-64-55(60)61)66-49(77)42(30-33(2)3)70-46(74)37(59)32-36-18-9-8-10-19-36)52(80)68-40(23-16-28-65-56(62)63)53(81)73-29-17-24-44(73)51(79)67-38(20-11-13-25-57)47(75)71-43(31-34(4)5)50(78)69-41(54(82)83)21-12-14-26-58/h8-10,18-19,33-35,37-45H,7,11-17,20-32,57-59H2,1-6H3,(H,66,77)(H,67,79)(H,68,80)(H,69,78)(H,70,74)(H,71,75)(H,72,76)(H,82,83)(H4,60,61,64)(H4,62,63,65)/t35-,37-,38-,39-,40-,41-,42-,43-,44-,45-/m0/s1. The maximum Gasteiger partial charge on any atom is 0.326 e. The third kappa shape index (κ3) is 27.2. The van der Waals surface area contributed by atoms with Gasteiger partial charge in [-0.15, -0.1) is 0 Å². The van der Waals surface area contributed by atoms with Gasteiger partial charge in [-0.3, -0.25) is 48.3 Å². The number of amides is 8. The fraction of sp³-hybridized carbons (Fsp3) is 0.696. The van der Waals surface area contributed by atoms with Gasteiger partial charge in [0, 0.05) is 19.6 Å². The summed E-state index contributed by atoms with van der Waals surface area (Å²) in [7, 11) is 0. The Balaban J connectivity index is 2.47. The lowest BCUT2D eigenvalue weighted by Gasteiger charge is -2.32. The summed E-state index contributed by atoms with van der Waals surface area (Å²) in [5.41, 5.74) is 40.8. The van der Waals surface area contributed by atoms with Gasteiger partial charge in [0.1, 0.15) is 48.3 Å². The Kier molecular flexibility index (Phi) is 33.5. The van der Waals surface area contributed by atoms with Crippen LogP contribution in [-0.4, -0.2) is 162 Å². The van der Waals surface area contributed by atoms with Crippen LogP contribution in [0.4, 0.5) is 0 Å². The first-order valence-corrected chi connectivity index (χ1v) is 29.3. The van der Waals surface area contributed by atoms with E-state index in [1.54, 1.807) is 6.92 Å². The molecule has 1 aromatic rings. The Labute approximate surface area is 489 Å². The van der Waals surface area contributed by atoms with E-state index in [0.29, 0.717) is 51.6 Å². The molecule has 83 heavy (non-hydrogen) atoms. The van der Waals surface area contributed by atoms with E-state index < -0.39 is 114 Å². The number of nitrogens with two attached hydrogens (primary N) is 7. The van der Waals surface area contributed by atoms with E-state index in [2.05, 4.69) is 47.2 Å². The molecule has 1 aromatic carbocycles. The molecule has 2 rings (SSSR count). The van der Waals surface area contributed by atoms with Crippen molar-refractivity contribution in [3.63, 3.8) is 0 Å². The van der Waals surface area contributed by atoms with Crippen LogP contribution < -0.4 is 77.4 Å². The molecule has 22 N–H and O–H groups in total. The number of aliphatic imine (C=N–C) groups is 2. The number of guanidine groups is 2. The van der Waals surface area contributed by atoms with Crippen molar-refractivity contribution in [1.82, 2.24) is 42.1 Å². The molecule has 0 unspecified atom stereocenters. The smallest absolute Gasteiger partial charge is 0.326 e. The largest absolute Gasteiger partial charge is 0.480 e. The van der Waals surface area contributed by atoms with Crippen molar-refractivity contribution in [2.45, 2.75) is 199 Å². The molecule has 8 amide bonds. The van der Waals surface area contributed by atoms with Crippen LogP contribution in [0.25, 0.3) is 0 Å². The van der Waals surface area contributed by atoms with Crippen LogP contribution in [0.15, 0.2) is 40.3 Å². The second-order valence-corrected chi connectivity index (χ2v) is 22.3. The van der Waals surface area contributed by atoms with Crippen molar-refractivity contribution < 1.29 is 48.3 Å². The van der Waals surface area contributed by atoms with Crippen LogP contribution in [0.2, 0.25) is 0 Å². The maximum atomic E-state index is 14.8. The summed E-state index contributed by atoms with van der Waals surface area (Å²) in [6.45, 7) is 11.9. The molecule has 0 saturated carbocycles. The number of nitrogens with zero attached hydrogens (tertiary/aromatic N) is 3. The molecule has 0 aliphatic carbocycles. The van der Waals surface area contributed by atoms with E-state index in [1.165, 1.54) is 4.90 Å². The van der Waals surface area contributed by atoms with Gasteiger partial charge in [0.2, 0.25) is 47.3 Å². The Morgan fingerprint density at radius 1 is 0.578 bits per heavy atom. The highest BCUT2D eigenvalue weighted by Crippen LogP contribution is 2.22. The van der Waals surface area contributed by atoms with Crippen LogP contribution in [0.5, 0.6) is 0 Å². The molecule has 27 nitrogen and oxygen atoms in total. The van der Waals surface area contributed by atoms with Gasteiger partial charge in [0.25, 0.3) is 0 Å². The van der Waals surface area contributed by atoms with Crippen LogP contribution in [-0.2, 0) is 49.6 Å². The molecular formula is C56H99N17O10. The van der Waals surface area contributed by atoms with Crippen molar-refractivity contribution in [1.29, 1.82) is 0 Å². The second-order valence-electron chi connectivity index (χ2n) is 22.3. The van der Waals surface area contributed by atoms with Crippen LogP contribution in [0, 0.1) is 17.8 Å². The number of carboxylic acids is 1. The molecule has 0 aromatic heterocycles. The van der Waals surface area contributed by atoms with Crippen molar-refractivity contribution in [3.8, 4) is 0 Å². The van der Waals surface area contributed by atoms with Crippen LogP contribution in [0.1, 0.15) is 143 Å². The Morgan fingerprint density at radius 2 is 1.02 bits per heavy atom. The average Bonchev–Trinajstić information content (AvgIpc) is 4.10. The summed E-state index contributed by atoms with van der Waals surface area (Å²) in [5, 5.41) is 29.1. The zero-order valence-corrected chi connectivity index (χ0v) is 49.7. The lowest BCUT2D eigenvalue weighted by molar-refractivity contribution is -0.143. The first-order valence-electron chi connectivity index (χ1n) is 29.3. The van der Waals surface area contributed by atoms with Gasteiger partial charge >= 0.3 is 5.97 Å². The monoisotopic (exact) mass is 1170 g/mol. The molecule has 1 saturated heterocycles. The van der Waals surface area contributed by atoms with Gasteiger partial charge in [-0.05, 0) is 133 Å². The molecule has 1 heterocycles. The number of likely N-dealkylation sites (tertiary alicyclic amines) is 1. The molecular weight excluding hydrogens is 1070 g/mol. The summed E-state index contributed by atoms with van der Waals surface area (Å²) >= 11 is 0. The number of carbonyl (C=O) groups excluding carboxylic acids is 8. The molecule has 0 bridgehead atoms. The van der Waals surface area contributed by atoms with Gasteiger partial charge in [-0.2, -0.15) is 0 Å². The summed E-state index contributed by atoms with van der Waals surface area (Å²) in [4.78, 5) is 135. The number of unbranched alkanes of at least 4 members (excludes halogenated alkanes) is 2. The lowest BCUT2D eigenvalue weighted by Crippen LogP contribution is -2.61. The number of hydrogen-bond donors (Lipinski definition) is 15. The van der Waals surface area contributed by atoms with E-state index in [1.807, 2.05) is 65.0 Å². The fourth-order valence-electron chi connectivity index (χ4n) is 9.50. The predicted octanol–water partition coefficient (Wildman–Crippen LogP) is -1.47. The van der Waals surface area contributed by atoms with Crippen LogP contribution in [0.3, 0.4) is 0 Å². The predicted molar refractivity (Wildman–Crippen MR) is 318 cm³/mol. The summed E-state index contributed by atoms with van der Waals surface area (Å²) in [6, 6.07) is -1.37. The molecule has 0 spiro atoms. The number of aliphatic carboxylic acids is 1. The lowest BCUT2D eigenvalue weighted by atomic mass is 9.96. The Hall–Kier alpha value is -7.13. The number of benzene rings is 1. The molecule has 0 radical (unpaired) electrons. The third-order valence-electron chi connectivity index (χ3n) is 14.2. The molecule has 1 aliphatic heterocycles. The molecule has 1 aliphatic rings. The fourth-order valence-corrected chi connectivity index (χ4v) is 9.50. The highest BCUT2D eigenvalue weighted by Gasteiger charge is 2.41. The highest BCUT2D eigenvalue weighted by atomic mass is 16.4. The van der Waals surface area contributed by atoms with Gasteiger partial charge < -0.3 is 87.4 Å². The van der Waals surface area contributed by atoms with Crippen molar-refractivity contribution >= 4 is 65.1 Å². The first-order chi connectivity index (χ1) is 39.3. The summed E-state index contributed by atoms with van der Waals surface area (Å²) < 4.78 is 0. The molecule has 1 fully saturated rings. The van der Waals surface area contributed by atoms with E-state index in [-0.39, 0.29) is 108 Å². The normalized spacial score (nSPS) is 16.3. The number of hydrogen-bond acceptors (Lipinski definition) is 14. The van der Waals surface area contributed by atoms with Gasteiger partial charge in [-0.25, -0.2) is 4.79 Å². The summed E-state index contributed by atoms with van der Waals surface area (Å²) in [5.74, 6) is -7.71. The average molecular weight is 1170 g/mol. The number of rotatable bonds is 40. The Morgan fingerprint density at radius 3 is 1.53 bits per heavy atom. The molecule has 10 atom stereocenters. The van der Waals surface area contributed by atoms with Crippen LogP contribution >= 0.6 is 0 Å². The SMILES string of the molecule is CC[C@H](C)[C@H](NC(=O)[C@H](CCCN=C(N)N)NC(=O)[C@H](CC(C)C)NC(=O)[C@@H](N)Cc1ccccc1)C(=O)N[C@@H](CCCN=C(N)N)C(=O)N1CCC[C@H]1C(=O)N[C@@H](CCCCN)C(=O)N[C@@H](CC(C)C)C(=O)N[C@@H](CCCCN)C(=O)O. The number of nitrogens with one attached hydrogen (secondary N) is 7. The van der Waals surface area contributed by atoms with Gasteiger partial charge in [0.05, 0.1) is 6.04 Å². The minimum Gasteiger partial charge on any atom is -0.480 e. The maximum absolute atomic E-state index is 14.8. The minimum absolute atomic E-state index is 0.00597.